The number of hydrogen-bond donors (Lipinski definition) is 0. The lowest BCUT2D eigenvalue weighted by atomic mass is 10.0. The summed E-state index contributed by atoms with van der Waals surface area (Å²) < 4.78 is 1.26. The van der Waals surface area contributed by atoms with Gasteiger partial charge >= 0.3 is 0 Å². The van der Waals surface area contributed by atoms with Crippen LogP contribution >= 0.6 is 11.3 Å². The van der Waals surface area contributed by atoms with Gasteiger partial charge in [0.15, 0.2) is 0 Å². The fourth-order valence-corrected chi connectivity index (χ4v) is 3.78. The van der Waals surface area contributed by atoms with Crippen LogP contribution in [-0.2, 0) is 0 Å². The molecule has 0 aliphatic carbocycles. The van der Waals surface area contributed by atoms with Crippen LogP contribution in [0.15, 0.2) is 54.6 Å². The predicted octanol–water partition coefficient (Wildman–Crippen LogP) is 6.24. The summed E-state index contributed by atoms with van der Waals surface area (Å²) in [5, 5.41) is 3.60. The molecule has 3 aromatic carbocycles. The van der Waals surface area contributed by atoms with E-state index in [4.69, 9.17) is 4.98 Å². The summed E-state index contributed by atoms with van der Waals surface area (Å²) in [7, 11) is 0. The number of aromatic nitrogens is 1. The Hall–Kier alpha value is -2.45. The molecule has 1 aromatic heterocycles. The summed E-state index contributed by atoms with van der Waals surface area (Å²) in [4.78, 5) is 4.74. The molecule has 23 heavy (non-hydrogen) atoms. The van der Waals surface area contributed by atoms with E-state index >= 15 is 0 Å². The molecule has 0 bridgehead atoms. The fraction of sp³-hybridized carbons (Fsp3) is 0.0952. The standard InChI is InChI=1S/C21H17NS/c1-14-12-19-20(13-15(14)2)23-21(22-19)11-10-17-8-5-7-16-6-3-4-9-18(16)17/h3-13H,1-2H3. The van der Waals surface area contributed by atoms with Gasteiger partial charge in [-0.15, -0.1) is 11.3 Å². The lowest BCUT2D eigenvalue weighted by Crippen LogP contribution is -1.79. The van der Waals surface area contributed by atoms with Gasteiger partial charge in [0.1, 0.15) is 5.01 Å². The Kier molecular flexibility index (Phi) is 3.47. The van der Waals surface area contributed by atoms with Gasteiger partial charge in [0.2, 0.25) is 0 Å². The highest BCUT2D eigenvalue weighted by Crippen LogP contribution is 2.27. The van der Waals surface area contributed by atoms with Crippen LogP contribution in [0.3, 0.4) is 0 Å². The average Bonchev–Trinajstić information content (AvgIpc) is 2.95. The van der Waals surface area contributed by atoms with Crippen molar-refractivity contribution in [3.63, 3.8) is 0 Å². The fourth-order valence-electron chi connectivity index (χ4n) is 2.83. The van der Waals surface area contributed by atoms with Crippen LogP contribution in [0, 0.1) is 13.8 Å². The molecule has 0 atom stereocenters. The van der Waals surface area contributed by atoms with Gasteiger partial charge in [0, 0.05) is 0 Å². The monoisotopic (exact) mass is 315 g/mol. The maximum Gasteiger partial charge on any atom is 0.117 e. The molecule has 1 heterocycles. The van der Waals surface area contributed by atoms with Gasteiger partial charge in [-0.3, -0.25) is 0 Å². The molecule has 0 aliphatic heterocycles. The van der Waals surface area contributed by atoms with Crippen molar-refractivity contribution in [1.82, 2.24) is 4.98 Å². The van der Waals surface area contributed by atoms with Gasteiger partial charge in [0.05, 0.1) is 10.2 Å². The first kappa shape index (κ1) is 14.2. The Morgan fingerprint density at radius 1 is 0.870 bits per heavy atom. The number of thiazole rings is 1. The van der Waals surface area contributed by atoms with Crippen molar-refractivity contribution in [2.45, 2.75) is 13.8 Å². The van der Waals surface area contributed by atoms with Crippen molar-refractivity contribution >= 4 is 44.5 Å². The first-order valence-corrected chi connectivity index (χ1v) is 8.56. The average molecular weight is 315 g/mol. The largest absolute Gasteiger partial charge is 0.237 e. The molecular formula is C21H17NS. The second kappa shape index (κ2) is 5.64. The zero-order valence-electron chi connectivity index (χ0n) is 13.2. The molecule has 0 unspecified atom stereocenters. The van der Waals surface area contributed by atoms with Crippen LogP contribution in [0.4, 0.5) is 0 Å². The summed E-state index contributed by atoms with van der Waals surface area (Å²) >= 11 is 1.75. The van der Waals surface area contributed by atoms with Crippen molar-refractivity contribution in [3.8, 4) is 0 Å². The van der Waals surface area contributed by atoms with E-state index in [9.17, 15) is 0 Å². The topological polar surface area (TPSA) is 12.9 Å². The molecule has 0 aliphatic rings. The van der Waals surface area contributed by atoms with Crippen molar-refractivity contribution in [3.05, 3.63) is 76.3 Å². The van der Waals surface area contributed by atoms with Gasteiger partial charge in [-0.1, -0.05) is 48.5 Å². The van der Waals surface area contributed by atoms with E-state index in [0.717, 1.165) is 10.5 Å². The summed E-state index contributed by atoms with van der Waals surface area (Å²) in [6, 6.07) is 19.3. The van der Waals surface area contributed by atoms with Crippen molar-refractivity contribution in [2.75, 3.05) is 0 Å². The Bertz CT molecular complexity index is 996. The molecule has 0 N–H and O–H groups in total. The molecule has 0 amide bonds. The summed E-state index contributed by atoms with van der Waals surface area (Å²) in [5.41, 5.74) is 4.95. The lowest BCUT2D eigenvalue weighted by molar-refractivity contribution is 1.35. The summed E-state index contributed by atoms with van der Waals surface area (Å²) in [6.45, 7) is 4.29. The van der Waals surface area contributed by atoms with Gasteiger partial charge in [-0.25, -0.2) is 4.98 Å². The van der Waals surface area contributed by atoms with Gasteiger partial charge < -0.3 is 0 Å². The molecule has 0 fully saturated rings. The minimum Gasteiger partial charge on any atom is -0.237 e. The molecule has 2 heteroatoms. The molecule has 112 valence electrons. The van der Waals surface area contributed by atoms with E-state index < -0.39 is 0 Å². The quantitative estimate of drug-likeness (QED) is 0.427. The number of fused-ring (bicyclic) bond motifs is 2. The lowest BCUT2D eigenvalue weighted by Gasteiger charge is -2.00. The number of rotatable bonds is 2. The third kappa shape index (κ3) is 2.66. The Morgan fingerprint density at radius 2 is 1.65 bits per heavy atom. The number of nitrogens with zero attached hydrogens (tertiary/aromatic N) is 1. The van der Waals surface area contributed by atoms with E-state index in [-0.39, 0.29) is 0 Å². The van der Waals surface area contributed by atoms with Crippen molar-refractivity contribution in [2.24, 2.45) is 0 Å². The number of aryl methyl sites for hydroxylation is 2. The molecule has 0 saturated heterocycles. The Labute approximate surface area is 139 Å². The van der Waals surface area contributed by atoms with Crippen molar-refractivity contribution < 1.29 is 0 Å². The zero-order chi connectivity index (χ0) is 15.8. The zero-order valence-corrected chi connectivity index (χ0v) is 14.0. The molecular weight excluding hydrogens is 298 g/mol. The maximum atomic E-state index is 4.74. The molecule has 0 radical (unpaired) electrons. The van der Waals surface area contributed by atoms with Gasteiger partial charge in [0.25, 0.3) is 0 Å². The number of benzene rings is 3. The van der Waals surface area contributed by atoms with Crippen LogP contribution in [0.2, 0.25) is 0 Å². The SMILES string of the molecule is Cc1cc2nc(C=Cc3cccc4ccccc34)sc2cc1C. The third-order valence-electron chi connectivity index (χ3n) is 4.25. The summed E-state index contributed by atoms with van der Waals surface area (Å²) in [5.74, 6) is 0. The van der Waals surface area contributed by atoms with Crippen LogP contribution in [0.25, 0.3) is 33.1 Å². The van der Waals surface area contributed by atoms with E-state index in [1.165, 1.54) is 32.2 Å². The highest BCUT2D eigenvalue weighted by atomic mass is 32.1. The molecule has 0 spiro atoms. The molecule has 1 nitrogen and oxygen atoms in total. The van der Waals surface area contributed by atoms with Crippen LogP contribution in [-0.4, -0.2) is 4.98 Å². The smallest absolute Gasteiger partial charge is 0.117 e. The van der Waals surface area contributed by atoms with E-state index in [1.54, 1.807) is 11.3 Å². The summed E-state index contributed by atoms with van der Waals surface area (Å²) in [6.07, 6.45) is 4.29. The van der Waals surface area contributed by atoms with Crippen LogP contribution in [0.5, 0.6) is 0 Å². The van der Waals surface area contributed by atoms with Crippen LogP contribution < -0.4 is 0 Å². The normalized spacial score (nSPS) is 11.7. The van der Waals surface area contributed by atoms with Crippen LogP contribution in [0.1, 0.15) is 21.7 Å². The first-order chi connectivity index (χ1) is 11.2. The highest BCUT2D eigenvalue weighted by molar-refractivity contribution is 7.19. The Balaban J connectivity index is 1.76. The maximum absolute atomic E-state index is 4.74. The second-order valence-electron chi connectivity index (χ2n) is 5.86. The predicted molar refractivity (Wildman–Crippen MR) is 102 cm³/mol. The minimum absolute atomic E-state index is 1.05. The van der Waals surface area contributed by atoms with E-state index in [0.29, 0.717) is 0 Å². The minimum atomic E-state index is 1.05. The highest BCUT2D eigenvalue weighted by Gasteiger charge is 2.04. The third-order valence-corrected chi connectivity index (χ3v) is 5.23. The molecule has 4 rings (SSSR count). The molecule has 4 aromatic rings. The Morgan fingerprint density at radius 3 is 2.57 bits per heavy atom. The van der Waals surface area contributed by atoms with E-state index in [1.807, 2.05) is 0 Å². The van der Waals surface area contributed by atoms with E-state index in [2.05, 4.69) is 80.6 Å². The molecule has 0 saturated carbocycles. The second-order valence-corrected chi connectivity index (χ2v) is 6.92. The number of hydrogen-bond acceptors (Lipinski definition) is 2. The first-order valence-electron chi connectivity index (χ1n) is 7.74. The van der Waals surface area contributed by atoms with Crippen molar-refractivity contribution in [1.29, 1.82) is 0 Å². The van der Waals surface area contributed by atoms with Gasteiger partial charge in [-0.2, -0.15) is 0 Å². The van der Waals surface area contributed by atoms with Gasteiger partial charge in [-0.05, 0) is 59.5 Å².